The van der Waals surface area contributed by atoms with Crippen LogP contribution in [0, 0.1) is 6.92 Å². The van der Waals surface area contributed by atoms with E-state index in [2.05, 4.69) is 160 Å². The van der Waals surface area contributed by atoms with Gasteiger partial charge in [-0.05, 0) is 19.1 Å². The Hall–Kier alpha value is -3.95. The van der Waals surface area contributed by atoms with Crippen LogP contribution in [0.2, 0.25) is 0 Å². The molecule has 0 aliphatic heterocycles. The van der Waals surface area contributed by atoms with Crippen LogP contribution in [-0.2, 0) is 32.5 Å². The molecule has 0 atom stereocenters. The second-order valence-electron chi connectivity index (χ2n) is 19.3. The predicted molar refractivity (Wildman–Crippen MR) is 234 cm³/mol. The summed E-state index contributed by atoms with van der Waals surface area (Å²) < 4.78 is 1.83. The van der Waals surface area contributed by atoms with Gasteiger partial charge in [0.15, 0.2) is 11.5 Å². The van der Waals surface area contributed by atoms with Gasteiger partial charge in [0.05, 0.1) is 16.9 Å². The molecule has 5 rings (SSSR count). The largest absolute Gasteiger partial charge is 0.253 e. The Labute approximate surface area is 335 Å². The van der Waals surface area contributed by atoms with Gasteiger partial charge in [0, 0.05) is 51.1 Å². The number of fused-ring (bicyclic) bond motifs is 2. The minimum absolute atomic E-state index is 0. The Morgan fingerprint density at radius 2 is 0.873 bits per heavy atom. The van der Waals surface area contributed by atoms with Gasteiger partial charge in [-0.2, -0.15) is 5.10 Å². The highest BCUT2D eigenvalue weighted by atomic mass is 15.3. The van der Waals surface area contributed by atoms with Crippen molar-refractivity contribution in [3.63, 3.8) is 0 Å². The number of hydrogen-bond donors (Lipinski definition) is 0. The number of pyridine rings is 1. The quantitative estimate of drug-likeness (QED) is 0.152. The Bertz CT molecular complexity index is 1880. The average Bonchev–Trinajstić information content (AvgIpc) is 3.52. The normalized spacial score (nSPS) is 12.1. The number of aromatic nitrogens is 10. The fraction of sp³-hybridized carbons (Fsp3) is 0.667. The second kappa shape index (κ2) is 19.3. The molecule has 5 aromatic heterocycles. The van der Waals surface area contributed by atoms with Crippen molar-refractivity contribution in [2.24, 2.45) is 0 Å². The van der Waals surface area contributed by atoms with E-state index in [9.17, 15) is 0 Å². The van der Waals surface area contributed by atoms with Gasteiger partial charge in [0.2, 0.25) is 0 Å². The number of nitrogens with zero attached hydrogens (tertiary/aromatic N) is 10. The van der Waals surface area contributed by atoms with Gasteiger partial charge in [0.25, 0.3) is 0 Å². The molecule has 10 heteroatoms. The third-order valence-electron chi connectivity index (χ3n) is 7.56. The average molecular weight is 759 g/mol. The zero-order valence-corrected chi connectivity index (χ0v) is 38.4. The monoisotopic (exact) mass is 759 g/mol. The van der Waals surface area contributed by atoms with Gasteiger partial charge in [-0.1, -0.05) is 160 Å². The molecule has 10 nitrogen and oxygen atoms in total. The van der Waals surface area contributed by atoms with E-state index in [4.69, 9.17) is 9.97 Å². The summed E-state index contributed by atoms with van der Waals surface area (Å²) >= 11 is 0. The summed E-state index contributed by atoms with van der Waals surface area (Å²) in [5.74, 6) is 4.29. The molecule has 0 unspecified atom stereocenters. The molecular formula is C45H78N10. The van der Waals surface area contributed by atoms with Crippen molar-refractivity contribution in [3.05, 3.63) is 71.2 Å². The van der Waals surface area contributed by atoms with E-state index in [1.807, 2.05) is 57.5 Å². The first kappa shape index (κ1) is 51.0. The molecule has 308 valence electrons. The molecule has 0 fully saturated rings. The molecule has 0 spiro atoms. The highest BCUT2D eigenvalue weighted by molar-refractivity contribution is 5.77. The molecule has 0 aromatic carbocycles. The molecule has 0 N–H and O–H groups in total. The highest BCUT2D eigenvalue weighted by Crippen LogP contribution is 2.30. The maximum atomic E-state index is 4.77. The zero-order valence-electron chi connectivity index (χ0n) is 38.4. The minimum atomic E-state index is -0.0571. The molecule has 0 aliphatic carbocycles. The summed E-state index contributed by atoms with van der Waals surface area (Å²) in [4.78, 5) is 36.3. The van der Waals surface area contributed by atoms with E-state index in [0.29, 0.717) is 0 Å². The van der Waals surface area contributed by atoms with Crippen LogP contribution >= 0.6 is 0 Å². The van der Waals surface area contributed by atoms with E-state index in [-0.39, 0.29) is 39.9 Å². The standard InChI is InChI=1S/C15H21N3.C13H20N4.C12H21N3.2C2H6.CH4/c1-14(2,3)12-11-10(8-7-9-16-11)17-13(18-12)15(4,5)6;1-12(2,3)9-10-14-7-8-17(10)16-11(15-9)13(4,5)6;1-8-13-9(11(2,3)4)15-10(14-8)12(5,6)7;2*1-2;/h7-9H,1-6H3;7-8H,1-6H3;1-7H3;2*1-2H3;1H4. The van der Waals surface area contributed by atoms with Crippen LogP contribution in [0.15, 0.2) is 30.7 Å². The van der Waals surface area contributed by atoms with Crippen LogP contribution in [0.25, 0.3) is 16.7 Å². The van der Waals surface area contributed by atoms with Crippen molar-refractivity contribution in [3.8, 4) is 0 Å². The summed E-state index contributed by atoms with van der Waals surface area (Å²) in [7, 11) is 0. The van der Waals surface area contributed by atoms with Crippen molar-refractivity contribution in [1.82, 2.24) is 49.5 Å². The van der Waals surface area contributed by atoms with Crippen LogP contribution in [-0.4, -0.2) is 49.5 Å². The second-order valence-corrected chi connectivity index (χ2v) is 19.3. The Kier molecular flexibility index (Phi) is 17.9. The SMILES string of the molecule is C.CC.CC.CC(C)(C)c1nc(C(C)(C)C)c2ncccc2n1.CC(C)(C)c1nc(C(C)(C)C)c2nccn2n1.Cc1nc(C(C)(C)C)nc(C(C)(C)C)n1. The zero-order chi connectivity index (χ0) is 42.3. The Balaban J connectivity index is 0.000000756. The van der Waals surface area contributed by atoms with Crippen molar-refractivity contribution < 1.29 is 0 Å². The van der Waals surface area contributed by atoms with E-state index < -0.39 is 0 Å². The molecule has 0 radical (unpaired) electrons. The summed E-state index contributed by atoms with van der Waals surface area (Å²) in [6.45, 7) is 48.3. The lowest BCUT2D eigenvalue weighted by atomic mass is 9.89. The van der Waals surface area contributed by atoms with E-state index in [0.717, 1.165) is 57.2 Å². The number of imidazole rings is 1. The molecule has 5 heterocycles. The first-order valence-corrected chi connectivity index (χ1v) is 19.6. The summed E-state index contributed by atoms with van der Waals surface area (Å²) in [6.07, 6.45) is 5.45. The molecule has 55 heavy (non-hydrogen) atoms. The predicted octanol–water partition coefficient (Wildman–Crippen LogP) is 11.8. The van der Waals surface area contributed by atoms with Gasteiger partial charge in [0.1, 0.15) is 28.8 Å². The fourth-order valence-corrected chi connectivity index (χ4v) is 4.63. The van der Waals surface area contributed by atoms with Gasteiger partial charge < -0.3 is 0 Å². The van der Waals surface area contributed by atoms with E-state index >= 15 is 0 Å². The van der Waals surface area contributed by atoms with Crippen molar-refractivity contribution in [2.75, 3.05) is 0 Å². The Morgan fingerprint density at radius 3 is 1.29 bits per heavy atom. The molecule has 0 amide bonds. The van der Waals surface area contributed by atoms with Gasteiger partial charge in [-0.25, -0.2) is 39.4 Å². The maximum Gasteiger partial charge on any atom is 0.175 e. The topological polar surface area (TPSA) is 120 Å². The van der Waals surface area contributed by atoms with Crippen molar-refractivity contribution in [2.45, 2.75) is 199 Å². The molecule has 5 aromatic rings. The van der Waals surface area contributed by atoms with Crippen LogP contribution in [0.1, 0.15) is 200 Å². The summed E-state index contributed by atoms with van der Waals surface area (Å²) in [6, 6.07) is 3.93. The fourth-order valence-electron chi connectivity index (χ4n) is 4.63. The van der Waals surface area contributed by atoms with Crippen LogP contribution in [0.5, 0.6) is 0 Å². The highest BCUT2D eigenvalue weighted by Gasteiger charge is 2.28. The van der Waals surface area contributed by atoms with E-state index in [1.54, 1.807) is 12.4 Å². The van der Waals surface area contributed by atoms with Crippen molar-refractivity contribution >= 4 is 16.7 Å². The molecule has 0 aliphatic rings. The van der Waals surface area contributed by atoms with Gasteiger partial charge >= 0.3 is 0 Å². The molecule has 0 saturated heterocycles. The first-order valence-electron chi connectivity index (χ1n) is 19.6. The maximum absolute atomic E-state index is 4.77. The minimum Gasteiger partial charge on any atom is -0.253 e. The third kappa shape index (κ3) is 14.6. The van der Waals surface area contributed by atoms with Crippen molar-refractivity contribution in [1.29, 1.82) is 0 Å². The number of hydrogen-bond acceptors (Lipinski definition) is 9. The lowest BCUT2D eigenvalue weighted by Gasteiger charge is -2.23. The Morgan fingerprint density at radius 1 is 0.455 bits per heavy atom. The summed E-state index contributed by atoms with van der Waals surface area (Å²) in [5, 5.41) is 4.52. The van der Waals surface area contributed by atoms with Crippen LogP contribution in [0.4, 0.5) is 0 Å². The molecule has 0 saturated carbocycles. The lowest BCUT2D eigenvalue weighted by Crippen LogP contribution is -2.24. The number of rotatable bonds is 0. The first-order chi connectivity index (χ1) is 24.5. The van der Waals surface area contributed by atoms with Gasteiger partial charge in [-0.15, -0.1) is 0 Å². The molecular weight excluding hydrogens is 681 g/mol. The molecule has 0 bridgehead atoms. The third-order valence-corrected chi connectivity index (χ3v) is 7.56. The van der Waals surface area contributed by atoms with Crippen LogP contribution in [0.3, 0.4) is 0 Å². The van der Waals surface area contributed by atoms with Crippen LogP contribution < -0.4 is 0 Å². The lowest BCUT2D eigenvalue weighted by molar-refractivity contribution is 0.491. The van der Waals surface area contributed by atoms with E-state index in [1.165, 1.54) is 0 Å². The summed E-state index contributed by atoms with van der Waals surface area (Å²) in [5.41, 5.74) is 4.51. The van der Waals surface area contributed by atoms with Gasteiger partial charge in [-0.3, -0.25) is 4.98 Å². The number of aryl methyl sites for hydroxylation is 1. The smallest absolute Gasteiger partial charge is 0.175 e.